The largest absolute Gasteiger partial charge is 0.450 e. The van der Waals surface area contributed by atoms with Gasteiger partial charge in [0, 0.05) is 28.6 Å². The van der Waals surface area contributed by atoms with Gasteiger partial charge < -0.3 is 19.2 Å². The topological polar surface area (TPSA) is 77.8 Å². The highest BCUT2D eigenvalue weighted by molar-refractivity contribution is 9.10. The van der Waals surface area contributed by atoms with Crippen LogP contribution in [0.3, 0.4) is 0 Å². The molecule has 0 bridgehead atoms. The lowest BCUT2D eigenvalue weighted by Gasteiger charge is -2.10. The molecule has 1 fully saturated rings. The number of ether oxygens (including phenoxy) is 2. The van der Waals surface area contributed by atoms with Gasteiger partial charge in [-0.05, 0) is 38.0 Å². The van der Waals surface area contributed by atoms with Crippen molar-refractivity contribution in [3.63, 3.8) is 0 Å². The summed E-state index contributed by atoms with van der Waals surface area (Å²) in [5.74, 6) is -0.877. The summed E-state index contributed by atoms with van der Waals surface area (Å²) in [4.78, 5) is 23.9. The first-order valence-electron chi connectivity index (χ1n) is 7.78. The van der Waals surface area contributed by atoms with Crippen LogP contribution in [0.15, 0.2) is 27.1 Å². The predicted molar refractivity (Wildman–Crippen MR) is 90.9 cm³/mol. The SMILES string of the molecule is Cc1c(C(=O)OCC(=O)NCC2CCCO2)oc2ccc(Br)cc12. The Morgan fingerprint density at radius 3 is 3.00 bits per heavy atom. The minimum atomic E-state index is -0.646. The maximum Gasteiger partial charge on any atom is 0.375 e. The van der Waals surface area contributed by atoms with Crippen molar-refractivity contribution >= 4 is 38.8 Å². The first-order valence-corrected chi connectivity index (χ1v) is 8.58. The third-order valence-corrected chi connectivity index (χ3v) is 4.46. The third kappa shape index (κ3) is 3.79. The summed E-state index contributed by atoms with van der Waals surface area (Å²) < 4.78 is 16.9. The number of nitrogens with one attached hydrogen (secondary N) is 1. The van der Waals surface area contributed by atoms with Gasteiger partial charge >= 0.3 is 5.97 Å². The number of aryl methyl sites for hydroxylation is 1. The summed E-state index contributed by atoms with van der Waals surface area (Å²) in [6, 6.07) is 5.48. The van der Waals surface area contributed by atoms with Crippen molar-refractivity contribution in [2.75, 3.05) is 19.8 Å². The van der Waals surface area contributed by atoms with E-state index in [1.807, 2.05) is 12.1 Å². The van der Waals surface area contributed by atoms with Crippen molar-refractivity contribution in [3.8, 4) is 0 Å². The molecule has 1 aliphatic heterocycles. The van der Waals surface area contributed by atoms with E-state index in [9.17, 15) is 9.59 Å². The average molecular weight is 396 g/mol. The van der Waals surface area contributed by atoms with E-state index in [-0.39, 0.29) is 24.4 Å². The van der Waals surface area contributed by atoms with Crippen LogP contribution >= 0.6 is 15.9 Å². The molecule has 0 radical (unpaired) electrons. The second-order valence-electron chi connectivity index (χ2n) is 5.71. The molecule has 0 aliphatic carbocycles. The van der Waals surface area contributed by atoms with Crippen LogP contribution in [-0.4, -0.2) is 37.7 Å². The summed E-state index contributed by atoms with van der Waals surface area (Å²) >= 11 is 3.39. The summed E-state index contributed by atoms with van der Waals surface area (Å²) in [6.07, 6.45) is 2.01. The lowest BCUT2D eigenvalue weighted by Crippen LogP contribution is -2.34. The van der Waals surface area contributed by atoms with Crippen molar-refractivity contribution in [2.45, 2.75) is 25.9 Å². The van der Waals surface area contributed by atoms with Gasteiger partial charge in [-0.1, -0.05) is 15.9 Å². The van der Waals surface area contributed by atoms with Crippen LogP contribution in [0.5, 0.6) is 0 Å². The number of rotatable bonds is 5. The molecule has 1 saturated heterocycles. The van der Waals surface area contributed by atoms with E-state index >= 15 is 0 Å². The predicted octanol–water partition coefficient (Wildman–Crippen LogP) is 2.96. The van der Waals surface area contributed by atoms with Crippen molar-refractivity contribution in [1.82, 2.24) is 5.32 Å². The summed E-state index contributed by atoms with van der Waals surface area (Å²) in [5.41, 5.74) is 1.29. The lowest BCUT2D eigenvalue weighted by molar-refractivity contribution is -0.124. The Kier molecular flexibility index (Phi) is 5.20. The second kappa shape index (κ2) is 7.36. The van der Waals surface area contributed by atoms with Crippen LogP contribution in [-0.2, 0) is 14.3 Å². The van der Waals surface area contributed by atoms with Crippen molar-refractivity contribution < 1.29 is 23.5 Å². The highest BCUT2D eigenvalue weighted by atomic mass is 79.9. The molecule has 24 heavy (non-hydrogen) atoms. The van der Waals surface area contributed by atoms with Gasteiger partial charge in [0.15, 0.2) is 6.61 Å². The standard InChI is InChI=1S/C17H18BrNO5/c1-10-13-7-11(18)4-5-14(13)24-16(10)17(21)23-9-15(20)19-8-12-3-2-6-22-12/h4-5,7,12H,2-3,6,8-9H2,1H3,(H,19,20). The molecule has 0 spiro atoms. The van der Waals surface area contributed by atoms with Crippen molar-refractivity contribution in [3.05, 3.63) is 34.0 Å². The number of amides is 1. The maximum absolute atomic E-state index is 12.2. The fourth-order valence-corrected chi connectivity index (χ4v) is 3.03. The third-order valence-electron chi connectivity index (χ3n) is 3.97. The number of furan rings is 1. The number of carbonyl (C=O) groups excluding carboxylic acids is 2. The molecule has 3 rings (SSSR count). The highest BCUT2D eigenvalue weighted by Crippen LogP contribution is 2.28. The maximum atomic E-state index is 12.2. The first kappa shape index (κ1) is 17.0. The van der Waals surface area contributed by atoms with Crippen LogP contribution in [0.25, 0.3) is 11.0 Å². The van der Waals surface area contributed by atoms with Crippen LogP contribution in [0.1, 0.15) is 29.0 Å². The van der Waals surface area contributed by atoms with Gasteiger partial charge in [-0.15, -0.1) is 0 Å². The minimum absolute atomic E-state index is 0.0562. The summed E-state index contributed by atoms with van der Waals surface area (Å²) in [5, 5.41) is 3.53. The quantitative estimate of drug-likeness (QED) is 0.787. The molecule has 1 N–H and O–H groups in total. The number of hydrogen-bond donors (Lipinski definition) is 1. The Morgan fingerprint density at radius 1 is 1.42 bits per heavy atom. The van der Waals surface area contributed by atoms with Crippen LogP contribution < -0.4 is 5.32 Å². The number of hydrogen-bond acceptors (Lipinski definition) is 5. The van der Waals surface area contributed by atoms with E-state index < -0.39 is 5.97 Å². The number of esters is 1. The minimum Gasteiger partial charge on any atom is -0.450 e. The highest BCUT2D eigenvalue weighted by Gasteiger charge is 2.21. The molecule has 7 heteroatoms. The van der Waals surface area contributed by atoms with Crippen LogP contribution in [0, 0.1) is 6.92 Å². The zero-order chi connectivity index (χ0) is 17.1. The van der Waals surface area contributed by atoms with Crippen LogP contribution in [0.4, 0.5) is 0 Å². The van der Waals surface area contributed by atoms with E-state index in [1.165, 1.54) is 0 Å². The molecule has 1 aromatic carbocycles. The van der Waals surface area contributed by atoms with Gasteiger partial charge in [0.2, 0.25) is 5.76 Å². The van der Waals surface area contributed by atoms with E-state index in [0.29, 0.717) is 17.7 Å². The van der Waals surface area contributed by atoms with Gasteiger partial charge in [-0.3, -0.25) is 4.79 Å². The summed E-state index contributed by atoms with van der Waals surface area (Å²) in [6.45, 7) is 2.61. The molecule has 1 unspecified atom stereocenters. The Bertz CT molecular complexity index is 764. The van der Waals surface area contributed by atoms with E-state index in [4.69, 9.17) is 13.9 Å². The molecule has 0 saturated carbocycles. The monoisotopic (exact) mass is 395 g/mol. The zero-order valence-electron chi connectivity index (χ0n) is 13.3. The normalized spacial score (nSPS) is 17.2. The smallest absolute Gasteiger partial charge is 0.375 e. The number of fused-ring (bicyclic) bond motifs is 1. The second-order valence-corrected chi connectivity index (χ2v) is 6.63. The Hall–Kier alpha value is -1.86. The van der Waals surface area contributed by atoms with E-state index in [1.54, 1.807) is 13.0 Å². The fourth-order valence-electron chi connectivity index (χ4n) is 2.67. The number of halogens is 1. The molecular formula is C17H18BrNO5. The molecule has 2 aromatic rings. The Labute approximate surface area is 147 Å². The summed E-state index contributed by atoms with van der Waals surface area (Å²) in [7, 11) is 0. The molecule has 1 atom stereocenters. The Morgan fingerprint density at radius 2 is 2.25 bits per heavy atom. The average Bonchev–Trinajstić information content (AvgIpc) is 3.19. The number of carbonyl (C=O) groups is 2. The zero-order valence-corrected chi connectivity index (χ0v) is 14.9. The molecule has 2 heterocycles. The van der Waals surface area contributed by atoms with Gasteiger partial charge in [0.25, 0.3) is 5.91 Å². The van der Waals surface area contributed by atoms with Gasteiger partial charge in [-0.2, -0.15) is 0 Å². The Balaban J connectivity index is 1.56. The van der Waals surface area contributed by atoms with Crippen molar-refractivity contribution in [2.24, 2.45) is 0 Å². The molecule has 1 aliphatic rings. The van der Waals surface area contributed by atoms with Gasteiger partial charge in [0.05, 0.1) is 6.10 Å². The lowest BCUT2D eigenvalue weighted by atomic mass is 10.1. The molecular weight excluding hydrogens is 378 g/mol. The van der Waals surface area contributed by atoms with Crippen molar-refractivity contribution in [1.29, 1.82) is 0 Å². The first-order chi connectivity index (χ1) is 11.5. The number of benzene rings is 1. The molecule has 128 valence electrons. The van der Waals surface area contributed by atoms with E-state index in [0.717, 1.165) is 29.3 Å². The molecule has 1 amide bonds. The van der Waals surface area contributed by atoms with Crippen LogP contribution in [0.2, 0.25) is 0 Å². The van der Waals surface area contributed by atoms with Gasteiger partial charge in [0.1, 0.15) is 5.58 Å². The molecule has 1 aromatic heterocycles. The van der Waals surface area contributed by atoms with E-state index in [2.05, 4.69) is 21.2 Å². The van der Waals surface area contributed by atoms with Gasteiger partial charge in [-0.25, -0.2) is 4.79 Å². The molecule has 6 nitrogen and oxygen atoms in total. The fraction of sp³-hybridized carbons (Fsp3) is 0.412.